The summed E-state index contributed by atoms with van der Waals surface area (Å²) in [5.41, 5.74) is 2.48. The summed E-state index contributed by atoms with van der Waals surface area (Å²) >= 11 is 0. The number of aryl methyl sites for hydroxylation is 1. The molecule has 1 heterocycles. The van der Waals surface area contributed by atoms with Gasteiger partial charge in [-0.05, 0) is 55.8 Å². The molecule has 0 amide bonds. The monoisotopic (exact) mass is 289 g/mol. The van der Waals surface area contributed by atoms with E-state index in [0.717, 1.165) is 31.4 Å². The molecule has 0 aromatic carbocycles. The number of hydrogen-bond acceptors (Lipinski definition) is 3. The minimum atomic E-state index is 0.676. The number of rotatable bonds is 8. The van der Waals surface area contributed by atoms with Crippen molar-refractivity contribution in [2.75, 3.05) is 18.0 Å². The van der Waals surface area contributed by atoms with Crippen molar-refractivity contribution in [3.8, 4) is 0 Å². The molecule has 1 saturated carbocycles. The molecule has 0 aliphatic heterocycles. The van der Waals surface area contributed by atoms with Gasteiger partial charge in [-0.25, -0.2) is 4.98 Å². The fourth-order valence-corrected chi connectivity index (χ4v) is 2.68. The summed E-state index contributed by atoms with van der Waals surface area (Å²) in [6.07, 6.45) is 2.65. The van der Waals surface area contributed by atoms with Gasteiger partial charge in [0.2, 0.25) is 0 Å². The van der Waals surface area contributed by atoms with Crippen molar-refractivity contribution >= 4 is 5.82 Å². The van der Waals surface area contributed by atoms with Crippen LogP contribution in [0.2, 0.25) is 0 Å². The Morgan fingerprint density at radius 3 is 2.48 bits per heavy atom. The molecule has 0 radical (unpaired) electrons. The normalized spacial score (nSPS) is 15.0. The van der Waals surface area contributed by atoms with Gasteiger partial charge in [0, 0.05) is 24.8 Å². The fourth-order valence-electron chi connectivity index (χ4n) is 2.68. The van der Waals surface area contributed by atoms with Crippen LogP contribution in [0.5, 0.6) is 0 Å². The summed E-state index contributed by atoms with van der Waals surface area (Å²) in [5, 5.41) is 3.53. The molecule has 1 aliphatic rings. The summed E-state index contributed by atoms with van der Waals surface area (Å²) in [7, 11) is 0. The zero-order chi connectivity index (χ0) is 15.4. The molecule has 1 fully saturated rings. The molecule has 3 heteroatoms. The third-order valence-electron chi connectivity index (χ3n) is 3.73. The first-order valence-electron chi connectivity index (χ1n) is 8.40. The average molecular weight is 289 g/mol. The molecule has 3 nitrogen and oxygen atoms in total. The van der Waals surface area contributed by atoms with E-state index in [1.54, 1.807) is 0 Å². The van der Waals surface area contributed by atoms with E-state index in [0.29, 0.717) is 11.8 Å². The van der Waals surface area contributed by atoms with Crippen LogP contribution in [0.3, 0.4) is 0 Å². The molecule has 1 aromatic rings. The lowest BCUT2D eigenvalue weighted by atomic mass is 10.1. The Morgan fingerprint density at radius 1 is 1.19 bits per heavy atom. The topological polar surface area (TPSA) is 28.2 Å². The van der Waals surface area contributed by atoms with Gasteiger partial charge in [0.25, 0.3) is 0 Å². The zero-order valence-corrected chi connectivity index (χ0v) is 14.3. The molecule has 1 aliphatic carbocycles. The maximum Gasteiger partial charge on any atom is 0.129 e. The van der Waals surface area contributed by atoms with E-state index in [4.69, 9.17) is 4.98 Å². The molecule has 1 aromatic heterocycles. The first kappa shape index (κ1) is 16.3. The average Bonchev–Trinajstić information content (AvgIpc) is 3.18. The molecule has 0 unspecified atom stereocenters. The lowest BCUT2D eigenvalue weighted by molar-refractivity contribution is 0.551. The van der Waals surface area contributed by atoms with Crippen molar-refractivity contribution < 1.29 is 0 Å². The summed E-state index contributed by atoms with van der Waals surface area (Å²) < 4.78 is 0. The van der Waals surface area contributed by atoms with E-state index in [2.05, 4.69) is 57.0 Å². The van der Waals surface area contributed by atoms with Gasteiger partial charge >= 0.3 is 0 Å². The second kappa shape index (κ2) is 7.26. The Balaban J connectivity index is 2.09. The Morgan fingerprint density at radius 2 is 1.90 bits per heavy atom. The third kappa shape index (κ3) is 5.31. The van der Waals surface area contributed by atoms with Crippen LogP contribution in [-0.2, 0) is 6.54 Å². The molecule has 2 rings (SSSR count). The lowest BCUT2D eigenvalue weighted by Crippen LogP contribution is -2.31. The molecule has 0 saturated heterocycles. The minimum Gasteiger partial charge on any atom is -0.353 e. The number of pyridine rings is 1. The van der Waals surface area contributed by atoms with Crippen molar-refractivity contribution in [3.05, 3.63) is 23.4 Å². The minimum absolute atomic E-state index is 0.676. The first-order valence-corrected chi connectivity index (χ1v) is 8.40. The van der Waals surface area contributed by atoms with Gasteiger partial charge < -0.3 is 10.2 Å². The Bertz CT molecular complexity index is 450. The van der Waals surface area contributed by atoms with Crippen LogP contribution < -0.4 is 10.2 Å². The number of nitrogens with zero attached hydrogens (tertiary/aromatic N) is 2. The molecular formula is C18H31N3. The Hall–Kier alpha value is -1.09. The second-order valence-corrected chi connectivity index (χ2v) is 7.28. The third-order valence-corrected chi connectivity index (χ3v) is 3.73. The standard InChI is InChI=1S/C18H31N3/c1-13(2)10-19-11-16-8-15(5)20-18(9-16)21(12-14(3)4)17-6-7-17/h8-9,13-14,17,19H,6-7,10-12H2,1-5H3. The zero-order valence-electron chi connectivity index (χ0n) is 14.3. The van der Waals surface area contributed by atoms with Crippen LogP contribution >= 0.6 is 0 Å². The van der Waals surface area contributed by atoms with Crippen molar-refractivity contribution in [3.63, 3.8) is 0 Å². The molecule has 0 bridgehead atoms. The molecule has 1 N–H and O–H groups in total. The van der Waals surface area contributed by atoms with Gasteiger partial charge in [-0.1, -0.05) is 27.7 Å². The highest BCUT2D eigenvalue weighted by Gasteiger charge is 2.30. The highest BCUT2D eigenvalue weighted by atomic mass is 15.2. The van der Waals surface area contributed by atoms with Gasteiger partial charge in [-0.15, -0.1) is 0 Å². The van der Waals surface area contributed by atoms with Crippen molar-refractivity contribution in [1.29, 1.82) is 0 Å². The maximum absolute atomic E-state index is 4.79. The smallest absolute Gasteiger partial charge is 0.129 e. The number of nitrogens with one attached hydrogen (secondary N) is 1. The Labute approximate surface area is 130 Å². The van der Waals surface area contributed by atoms with Crippen LogP contribution in [0, 0.1) is 18.8 Å². The van der Waals surface area contributed by atoms with E-state index in [1.165, 1.54) is 24.2 Å². The SMILES string of the molecule is Cc1cc(CNCC(C)C)cc(N(CC(C)C)C2CC2)n1. The second-order valence-electron chi connectivity index (χ2n) is 7.28. The summed E-state index contributed by atoms with van der Waals surface area (Å²) in [4.78, 5) is 7.31. The number of anilines is 1. The van der Waals surface area contributed by atoms with Gasteiger partial charge in [-0.2, -0.15) is 0 Å². The van der Waals surface area contributed by atoms with E-state index in [1.807, 2.05) is 0 Å². The molecule has 0 spiro atoms. The van der Waals surface area contributed by atoms with E-state index >= 15 is 0 Å². The van der Waals surface area contributed by atoms with Gasteiger partial charge in [0.15, 0.2) is 0 Å². The van der Waals surface area contributed by atoms with Crippen molar-refractivity contribution in [2.24, 2.45) is 11.8 Å². The van der Waals surface area contributed by atoms with E-state index in [-0.39, 0.29) is 0 Å². The number of hydrogen-bond donors (Lipinski definition) is 1. The van der Waals surface area contributed by atoms with Crippen LogP contribution in [0.15, 0.2) is 12.1 Å². The van der Waals surface area contributed by atoms with Crippen LogP contribution in [0.1, 0.15) is 51.8 Å². The van der Waals surface area contributed by atoms with E-state index < -0.39 is 0 Å². The summed E-state index contributed by atoms with van der Waals surface area (Å²) in [6, 6.07) is 5.20. The lowest BCUT2D eigenvalue weighted by Gasteiger charge is -2.26. The van der Waals surface area contributed by atoms with Crippen molar-refractivity contribution in [1.82, 2.24) is 10.3 Å². The van der Waals surface area contributed by atoms with E-state index in [9.17, 15) is 0 Å². The summed E-state index contributed by atoms with van der Waals surface area (Å²) in [6.45, 7) is 14.3. The highest BCUT2D eigenvalue weighted by Crippen LogP contribution is 2.32. The molecular weight excluding hydrogens is 258 g/mol. The van der Waals surface area contributed by atoms with Gasteiger partial charge in [0.1, 0.15) is 5.82 Å². The van der Waals surface area contributed by atoms with Crippen molar-refractivity contribution in [2.45, 2.75) is 60.0 Å². The predicted molar refractivity (Wildman–Crippen MR) is 90.7 cm³/mol. The Kier molecular flexibility index (Phi) is 5.63. The predicted octanol–water partition coefficient (Wildman–Crippen LogP) is 3.76. The maximum atomic E-state index is 4.79. The summed E-state index contributed by atoms with van der Waals surface area (Å²) in [5.74, 6) is 2.54. The van der Waals surface area contributed by atoms with Crippen LogP contribution in [0.4, 0.5) is 5.82 Å². The highest BCUT2D eigenvalue weighted by molar-refractivity contribution is 5.45. The quantitative estimate of drug-likeness (QED) is 0.790. The fraction of sp³-hybridized carbons (Fsp3) is 0.722. The first-order chi connectivity index (χ1) is 9.95. The largest absolute Gasteiger partial charge is 0.353 e. The van der Waals surface area contributed by atoms with Crippen LogP contribution in [0.25, 0.3) is 0 Å². The molecule has 118 valence electrons. The van der Waals surface area contributed by atoms with Gasteiger partial charge in [-0.3, -0.25) is 0 Å². The van der Waals surface area contributed by atoms with Crippen LogP contribution in [-0.4, -0.2) is 24.1 Å². The number of aromatic nitrogens is 1. The van der Waals surface area contributed by atoms with Gasteiger partial charge in [0.05, 0.1) is 0 Å². The molecule has 21 heavy (non-hydrogen) atoms. The molecule has 0 atom stereocenters.